The first-order valence-corrected chi connectivity index (χ1v) is 2.67. The molecular formula is C9H9Ni2-. The van der Waals surface area contributed by atoms with Gasteiger partial charge in [-0.1, -0.05) is 0 Å². The van der Waals surface area contributed by atoms with Crippen LogP contribution in [-0.4, -0.2) is 0 Å². The zero-order valence-corrected chi connectivity index (χ0v) is 7.80. The Morgan fingerprint density at radius 2 is 1.36 bits per heavy atom. The normalized spacial score (nSPS) is 5.45. The molecule has 0 aromatic heterocycles. The largest absolute Gasteiger partial charge is 2.00 e. The van der Waals surface area contributed by atoms with Gasteiger partial charge in [-0.2, -0.15) is 18.2 Å². The van der Waals surface area contributed by atoms with Gasteiger partial charge in [0.1, 0.15) is 0 Å². The van der Waals surface area contributed by atoms with Crippen molar-refractivity contribution in [3.63, 3.8) is 0 Å². The molecule has 2 heteroatoms. The Morgan fingerprint density at radius 3 is 1.45 bits per heavy atom. The van der Waals surface area contributed by atoms with E-state index in [2.05, 4.69) is 0 Å². The van der Waals surface area contributed by atoms with Crippen LogP contribution in [0, 0.1) is 13.2 Å². The van der Waals surface area contributed by atoms with Crippen molar-refractivity contribution in [3.8, 4) is 0 Å². The van der Waals surface area contributed by atoms with Crippen LogP contribution in [-0.2, 0) is 33.0 Å². The summed E-state index contributed by atoms with van der Waals surface area (Å²) in [7, 11) is 0. The molecule has 0 heterocycles. The van der Waals surface area contributed by atoms with E-state index >= 15 is 0 Å². The summed E-state index contributed by atoms with van der Waals surface area (Å²) in [6, 6.07) is 10.0. The molecule has 0 N–H and O–H groups in total. The topological polar surface area (TPSA) is 0 Å². The van der Waals surface area contributed by atoms with Gasteiger partial charge in [0.25, 0.3) is 0 Å². The molecular weight excluding hydrogens is 225 g/mol. The molecule has 0 saturated carbocycles. The molecule has 0 radical (unpaired) electrons. The van der Waals surface area contributed by atoms with E-state index in [1.807, 2.05) is 30.3 Å². The Balaban J connectivity index is -0.000000101. The molecule has 0 fully saturated rings. The summed E-state index contributed by atoms with van der Waals surface area (Å²) in [5, 5.41) is 0. The van der Waals surface area contributed by atoms with Crippen molar-refractivity contribution in [3.05, 3.63) is 55.6 Å². The van der Waals surface area contributed by atoms with Crippen LogP contribution in [0.3, 0.4) is 0 Å². The molecule has 0 aliphatic rings. The van der Waals surface area contributed by atoms with Crippen molar-refractivity contribution in [1.29, 1.82) is 0 Å². The Labute approximate surface area is 88.6 Å². The minimum Gasteiger partial charge on any atom is -0.394 e. The van der Waals surface area contributed by atoms with Crippen molar-refractivity contribution in [1.82, 2.24) is 0 Å². The van der Waals surface area contributed by atoms with Crippen molar-refractivity contribution >= 4 is 0 Å². The minimum atomic E-state index is 0. The second-order valence-corrected chi connectivity index (χ2v) is 1.35. The molecule has 0 aliphatic heterocycles. The van der Waals surface area contributed by atoms with Crippen LogP contribution in [0.1, 0.15) is 0 Å². The number of hydrogen-bond acceptors (Lipinski definition) is 0. The van der Waals surface area contributed by atoms with Gasteiger partial charge in [-0.25, -0.2) is 12.1 Å². The van der Waals surface area contributed by atoms with E-state index in [9.17, 15) is 0 Å². The van der Waals surface area contributed by atoms with Crippen molar-refractivity contribution in [2.45, 2.75) is 0 Å². The molecule has 0 saturated heterocycles. The van der Waals surface area contributed by atoms with Gasteiger partial charge in [-0.05, 0) is 0 Å². The van der Waals surface area contributed by atoms with E-state index in [0.717, 1.165) is 0 Å². The smallest absolute Gasteiger partial charge is 0.394 e. The summed E-state index contributed by atoms with van der Waals surface area (Å²) < 4.78 is 0. The Morgan fingerprint density at radius 1 is 1.00 bits per heavy atom. The summed E-state index contributed by atoms with van der Waals surface area (Å²) >= 11 is 0. The monoisotopic (exact) mass is 233 g/mol. The molecule has 0 amide bonds. The first-order valence-electron chi connectivity index (χ1n) is 2.67. The number of hydrogen-bond donors (Lipinski definition) is 0. The van der Waals surface area contributed by atoms with E-state index in [1.165, 1.54) is 12.2 Å². The first kappa shape index (κ1) is 17.1. The van der Waals surface area contributed by atoms with Crippen LogP contribution in [0.4, 0.5) is 0 Å². The molecule has 0 atom stereocenters. The van der Waals surface area contributed by atoms with Gasteiger partial charge < -0.3 is 25.3 Å². The van der Waals surface area contributed by atoms with Crippen molar-refractivity contribution < 1.29 is 33.0 Å². The molecule has 0 bridgehead atoms. The molecule has 0 aliphatic carbocycles. The Kier molecular flexibility index (Phi) is 25.5. The number of allylic oxidation sites excluding steroid dienone is 2. The zero-order valence-electron chi connectivity index (χ0n) is 5.83. The summed E-state index contributed by atoms with van der Waals surface area (Å²) in [5.74, 6) is 0. The average molecular weight is 235 g/mol. The molecule has 11 heavy (non-hydrogen) atoms. The van der Waals surface area contributed by atoms with Gasteiger partial charge in [0.15, 0.2) is 0 Å². The fourth-order valence-electron chi connectivity index (χ4n) is 0.321. The van der Waals surface area contributed by atoms with E-state index in [4.69, 9.17) is 13.2 Å². The molecule has 1 rings (SSSR count). The maximum Gasteiger partial charge on any atom is 2.00 e. The molecule has 0 spiro atoms. The fraction of sp³-hybridized carbons (Fsp3) is 0. The third kappa shape index (κ3) is 17.7. The predicted octanol–water partition coefficient (Wildman–Crippen LogP) is 2.37. The standard InChI is InChI=1S/C5H5.C4H4.2Ni/c1-2-4-5-3-1;1-3-4-2;;/h1-5H;1-4H;;/q-1;-2;;+2. The Hall–Kier alpha value is -0.183. The summed E-state index contributed by atoms with van der Waals surface area (Å²) in [6.07, 6.45) is 2.56. The zero-order chi connectivity index (χ0) is 6.95. The van der Waals surface area contributed by atoms with Crippen molar-refractivity contribution in [2.75, 3.05) is 0 Å². The summed E-state index contributed by atoms with van der Waals surface area (Å²) in [5.41, 5.74) is 0. The molecule has 1 aromatic rings. The minimum absolute atomic E-state index is 0. The third-order valence-corrected chi connectivity index (χ3v) is 0.667. The van der Waals surface area contributed by atoms with E-state index in [1.54, 1.807) is 0 Å². The van der Waals surface area contributed by atoms with Crippen LogP contribution in [0.2, 0.25) is 0 Å². The van der Waals surface area contributed by atoms with Gasteiger partial charge in [0.2, 0.25) is 0 Å². The average Bonchev–Trinajstić information content (AvgIpc) is 2.43. The van der Waals surface area contributed by atoms with Crippen LogP contribution in [0.15, 0.2) is 42.5 Å². The molecule has 0 unspecified atom stereocenters. The second kappa shape index (κ2) is 16.4. The van der Waals surface area contributed by atoms with E-state index in [-0.39, 0.29) is 33.0 Å². The first-order chi connectivity index (χ1) is 4.41. The molecule has 66 valence electrons. The van der Waals surface area contributed by atoms with Gasteiger partial charge in [0.05, 0.1) is 0 Å². The van der Waals surface area contributed by atoms with Gasteiger partial charge in [-0.15, -0.1) is 0 Å². The molecule has 0 nitrogen and oxygen atoms in total. The summed E-state index contributed by atoms with van der Waals surface area (Å²) in [6.45, 7) is 9.44. The van der Waals surface area contributed by atoms with Crippen molar-refractivity contribution in [2.24, 2.45) is 0 Å². The van der Waals surface area contributed by atoms with Crippen LogP contribution >= 0.6 is 0 Å². The number of rotatable bonds is 1. The maximum atomic E-state index is 4.72. The quantitative estimate of drug-likeness (QED) is 0.398. The van der Waals surface area contributed by atoms with Gasteiger partial charge in [-0.3, -0.25) is 0 Å². The van der Waals surface area contributed by atoms with E-state index < -0.39 is 0 Å². The van der Waals surface area contributed by atoms with Gasteiger partial charge in [0, 0.05) is 16.5 Å². The fourth-order valence-corrected chi connectivity index (χ4v) is 0.321. The Bertz CT molecular complexity index is 119. The predicted molar refractivity (Wildman–Crippen MR) is 39.8 cm³/mol. The van der Waals surface area contributed by atoms with Crippen LogP contribution in [0.25, 0.3) is 0 Å². The third-order valence-electron chi connectivity index (χ3n) is 0.667. The van der Waals surface area contributed by atoms with Crippen LogP contribution in [0.5, 0.6) is 0 Å². The SMILES string of the molecule is [CH-]=CC=[CH-].[Ni+2].[Ni].c1cc[cH-]c1. The summed E-state index contributed by atoms with van der Waals surface area (Å²) in [4.78, 5) is 0. The van der Waals surface area contributed by atoms with E-state index in [0.29, 0.717) is 0 Å². The second-order valence-electron chi connectivity index (χ2n) is 1.35. The van der Waals surface area contributed by atoms with Crippen LogP contribution < -0.4 is 0 Å². The maximum absolute atomic E-state index is 4.72. The molecule has 1 aromatic carbocycles. The van der Waals surface area contributed by atoms with Gasteiger partial charge >= 0.3 is 16.5 Å².